The Hall–Kier alpha value is -0.880. The number of nitrogens with one attached hydrogen (secondary N) is 1. The summed E-state index contributed by atoms with van der Waals surface area (Å²) in [5.41, 5.74) is 6.08. The van der Waals surface area contributed by atoms with Gasteiger partial charge in [-0.1, -0.05) is 27.5 Å². The van der Waals surface area contributed by atoms with E-state index in [0.717, 1.165) is 34.4 Å². The first kappa shape index (κ1) is 15.5. The molecule has 0 spiro atoms. The van der Waals surface area contributed by atoms with E-state index >= 15 is 0 Å². The predicted molar refractivity (Wildman–Crippen MR) is 85.6 cm³/mol. The van der Waals surface area contributed by atoms with Crippen LogP contribution in [0.15, 0.2) is 28.7 Å². The van der Waals surface area contributed by atoms with Crippen LogP contribution in [0, 0.1) is 6.92 Å². The maximum absolute atomic E-state index is 6.08. The van der Waals surface area contributed by atoms with Crippen LogP contribution in [0.1, 0.15) is 29.9 Å². The first-order chi connectivity index (χ1) is 9.55. The van der Waals surface area contributed by atoms with Gasteiger partial charge >= 0.3 is 0 Å². The summed E-state index contributed by atoms with van der Waals surface area (Å²) in [6.45, 7) is 4.92. The molecule has 3 N–H and O–H groups in total. The Morgan fingerprint density at radius 1 is 1.45 bits per heavy atom. The van der Waals surface area contributed by atoms with Crippen molar-refractivity contribution in [3.05, 3.63) is 50.7 Å². The summed E-state index contributed by atoms with van der Waals surface area (Å²) in [4.78, 5) is 0. The molecule has 0 aliphatic carbocycles. The highest BCUT2D eigenvalue weighted by molar-refractivity contribution is 9.10. The lowest BCUT2D eigenvalue weighted by molar-refractivity contribution is 0.515. The van der Waals surface area contributed by atoms with E-state index in [1.807, 2.05) is 29.8 Å². The molecule has 0 radical (unpaired) electrons. The van der Waals surface area contributed by atoms with Gasteiger partial charge in [-0.25, -0.2) is 0 Å². The third-order valence-electron chi connectivity index (χ3n) is 3.23. The van der Waals surface area contributed by atoms with Crippen molar-refractivity contribution in [2.45, 2.75) is 32.9 Å². The third-order valence-corrected chi connectivity index (χ3v) is 4.19. The first-order valence-corrected chi connectivity index (χ1v) is 7.66. The molecule has 6 heteroatoms. The summed E-state index contributed by atoms with van der Waals surface area (Å²) in [6.07, 6.45) is 0.754. The average molecular weight is 358 g/mol. The number of rotatable bonds is 5. The molecule has 1 aromatic heterocycles. The second-order valence-electron chi connectivity index (χ2n) is 4.68. The van der Waals surface area contributed by atoms with E-state index in [0.29, 0.717) is 5.02 Å². The molecule has 4 nitrogen and oxygen atoms in total. The van der Waals surface area contributed by atoms with E-state index in [9.17, 15) is 0 Å². The van der Waals surface area contributed by atoms with Crippen molar-refractivity contribution < 1.29 is 0 Å². The summed E-state index contributed by atoms with van der Waals surface area (Å²) < 4.78 is 2.99. The molecule has 0 bridgehead atoms. The van der Waals surface area contributed by atoms with Crippen molar-refractivity contribution in [1.29, 1.82) is 0 Å². The van der Waals surface area contributed by atoms with E-state index in [1.165, 1.54) is 0 Å². The molecule has 0 aliphatic heterocycles. The molecule has 20 heavy (non-hydrogen) atoms. The van der Waals surface area contributed by atoms with Gasteiger partial charge in [0.15, 0.2) is 0 Å². The number of aryl methyl sites for hydroxylation is 2. The van der Waals surface area contributed by atoms with Gasteiger partial charge in [-0.2, -0.15) is 5.10 Å². The molecular weight excluding hydrogens is 340 g/mol. The van der Waals surface area contributed by atoms with E-state index in [2.05, 4.69) is 39.4 Å². The molecule has 1 aromatic carbocycles. The smallest absolute Gasteiger partial charge is 0.0596 e. The van der Waals surface area contributed by atoms with Gasteiger partial charge in [-0.15, -0.1) is 0 Å². The SMILES string of the molecule is CCn1nc(C)cc1CC(NN)c1cc(Cl)ccc1Br. The Kier molecular flexibility index (Phi) is 5.21. The molecule has 1 unspecified atom stereocenters. The van der Waals surface area contributed by atoms with E-state index in [1.54, 1.807) is 0 Å². The summed E-state index contributed by atoms with van der Waals surface area (Å²) in [5.74, 6) is 5.73. The number of nitrogens with two attached hydrogens (primary N) is 1. The Morgan fingerprint density at radius 2 is 2.20 bits per heavy atom. The average Bonchev–Trinajstić information content (AvgIpc) is 2.79. The maximum Gasteiger partial charge on any atom is 0.0596 e. The minimum atomic E-state index is -0.0236. The van der Waals surface area contributed by atoms with Crippen molar-refractivity contribution in [1.82, 2.24) is 15.2 Å². The van der Waals surface area contributed by atoms with Gasteiger partial charge in [0, 0.05) is 28.2 Å². The monoisotopic (exact) mass is 356 g/mol. The largest absolute Gasteiger partial charge is 0.271 e. The quantitative estimate of drug-likeness (QED) is 0.637. The topological polar surface area (TPSA) is 55.9 Å². The fraction of sp³-hybridized carbons (Fsp3) is 0.357. The second kappa shape index (κ2) is 6.72. The Morgan fingerprint density at radius 3 is 2.85 bits per heavy atom. The second-order valence-corrected chi connectivity index (χ2v) is 5.97. The number of hydrogen-bond donors (Lipinski definition) is 2. The summed E-state index contributed by atoms with van der Waals surface area (Å²) in [5, 5.41) is 5.16. The van der Waals surface area contributed by atoms with Gasteiger partial charge in [0.2, 0.25) is 0 Å². The lowest BCUT2D eigenvalue weighted by Gasteiger charge is -2.18. The maximum atomic E-state index is 6.08. The zero-order chi connectivity index (χ0) is 14.7. The zero-order valence-electron chi connectivity index (χ0n) is 11.5. The van der Waals surface area contributed by atoms with Gasteiger partial charge in [0.25, 0.3) is 0 Å². The molecule has 1 atom stereocenters. The molecule has 0 saturated heterocycles. The van der Waals surface area contributed by atoms with Crippen LogP contribution in [-0.4, -0.2) is 9.78 Å². The minimum Gasteiger partial charge on any atom is -0.271 e. The standard InChI is InChI=1S/C14H18BrClN4/c1-3-20-11(6-9(2)19-20)8-14(18-17)12-7-10(16)4-5-13(12)15/h4-7,14,18H,3,8,17H2,1-2H3. The lowest BCUT2D eigenvalue weighted by Crippen LogP contribution is -2.30. The normalized spacial score (nSPS) is 12.7. The molecule has 108 valence electrons. The van der Waals surface area contributed by atoms with Gasteiger partial charge in [0.1, 0.15) is 0 Å². The van der Waals surface area contributed by atoms with E-state index in [4.69, 9.17) is 17.4 Å². The van der Waals surface area contributed by atoms with Crippen LogP contribution >= 0.6 is 27.5 Å². The van der Waals surface area contributed by atoms with Crippen molar-refractivity contribution in [3.8, 4) is 0 Å². The number of hydrogen-bond acceptors (Lipinski definition) is 3. The molecular formula is C14H18BrClN4. The Balaban J connectivity index is 2.30. The third kappa shape index (κ3) is 3.41. The van der Waals surface area contributed by atoms with Gasteiger partial charge in [-0.3, -0.25) is 16.0 Å². The van der Waals surface area contributed by atoms with Crippen LogP contribution in [0.3, 0.4) is 0 Å². The molecule has 0 amide bonds. The summed E-state index contributed by atoms with van der Waals surface area (Å²) in [7, 11) is 0. The van der Waals surface area contributed by atoms with E-state index in [-0.39, 0.29) is 6.04 Å². The van der Waals surface area contributed by atoms with Gasteiger partial charge in [0.05, 0.1) is 11.7 Å². The van der Waals surface area contributed by atoms with Crippen molar-refractivity contribution in [2.24, 2.45) is 5.84 Å². The van der Waals surface area contributed by atoms with Crippen LogP contribution < -0.4 is 11.3 Å². The number of hydrazine groups is 1. The predicted octanol–water partition coefficient (Wildman–Crippen LogP) is 3.37. The lowest BCUT2D eigenvalue weighted by atomic mass is 10.0. The molecule has 0 saturated carbocycles. The fourth-order valence-corrected chi connectivity index (χ4v) is 2.99. The molecule has 1 heterocycles. The van der Waals surface area contributed by atoms with E-state index < -0.39 is 0 Å². The highest BCUT2D eigenvalue weighted by atomic mass is 79.9. The van der Waals surface area contributed by atoms with Gasteiger partial charge < -0.3 is 0 Å². The van der Waals surface area contributed by atoms with Crippen molar-refractivity contribution in [2.75, 3.05) is 0 Å². The zero-order valence-corrected chi connectivity index (χ0v) is 13.9. The summed E-state index contributed by atoms with van der Waals surface area (Å²) in [6, 6.07) is 7.78. The van der Waals surface area contributed by atoms with Crippen LogP contribution in [0.2, 0.25) is 5.02 Å². The van der Waals surface area contributed by atoms with Crippen LogP contribution in [0.25, 0.3) is 0 Å². The van der Waals surface area contributed by atoms with Crippen LogP contribution in [-0.2, 0) is 13.0 Å². The number of benzene rings is 1. The molecule has 0 aliphatic rings. The van der Waals surface area contributed by atoms with Gasteiger partial charge in [-0.05, 0) is 43.7 Å². The minimum absolute atomic E-state index is 0.0236. The Bertz CT molecular complexity index is 597. The fourth-order valence-electron chi connectivity index (χ4n) is 2.29. The Labute approximate surface area is 132 Å². The van der Waals surface area contributed by atoms with Crippen LogP contribution in [0.4, 0.5) is 0 Å². The molecule has 0 fully saturated rings. The number of nitrogens with zero attached hydrogens (tertiary/aromatic N) is 2. The first-order valence-electron chi connectivity index (χ1n) is 6.49. The molecule has 2 aromatic rings. The van der Waals surface area contributed by atoms with Crippen LogP contribution in [0.5, 0.6) is 0 Å². The highest BCUT2D eigenvalue weighted by Crippen LogP contribution is 2.28. The highest BCUT2D eigenvalue weighted by Gasteiger charge is 2.17. The van der Waals surface area contributed by atoms with Crippen molar-refractivity contribution >= 4 is 27.5 Å². The summed E-state index contributed by atoms with van der Waals surface area (Å²) >= 11 is 9.63. The number of aromatic nitrogens is 2. The molecule has 2 rings (SSSR count). The number of halogens is 2. The van der Waals surface area contributed by atoms with Crippen molar-refractivity contribution in [3.63, 3.8) is 0 Å².